The maximum atomic E-state index is 12.4. The van der Waals surface area contributed by atoms with Crippen LogP contribution < -0.4 is 5.32 Å². The largest absolute Gasteiger partial charge is 0.338 e. The Balaban J connectivity index is 1.76. The lowest BCUT2D eigenvalue weighted by Crippen LogP contribution is -2.52. The van der Waals surface area contributed by atoms with Gasteiger partial charge in [0.15, 0.2) is 0 Å². The highest BCUT2D eigenvalue weighted by Gasteiger charge is 2.54. The number of rotatable bonds is 4. The van der Waals surface area contributed by atoms with Gasteiger partial charge in [-0.1, -0.05) is 12.8 Å². The molecule has 2 saturated carbocycles. The first-order chi connectivity index (χ1) is 9.58. The molecule has 20 heavy (non-hydrogen) atoms. The van der Waals surface area contributed by atoms with Crippen LogP contribution in [-0.2, 0) is 9.59 Å². The van der Waals surface area contributed by atoms with Crippen LogP contribution in [0.15, 0.2) is 0 Å². The minimum atomic E-state index is -0.754. The predicted octanol–water partition coefficient (Wildman–Crippen LogP) is 0.862. The molecule has 0 aromatic carbocycles. The zero-order valence-corrected chi connectivity index (χ0v) is 11.9. The number of hydrogen-bond acceptors (Lipinski definition) is 3. The summed E-state index contributed by atoms with van der Waals surface area (Å²) in [5.74, 6) is -0.256. The second-order valence-corrected chi connectivity index (χ2v) is 6.00. The lowest BCUT2D eigenvalue weighted by atomic mass is 9.96. The summed E-state index contributed by atoms with van der Waals surface area (Å²) in [6.45, 7) is 2.65. The van der Waals surface area contributed by atoms with Gasteiger partial charge in [-0.3, -0.25) is 14.9 Å². The van der Waals surface area contributed by atoms with Crippen molar-refractivity contribution in [1.82, 2.24) is 15.1 Å². The van der Waals surface area contributed by atoms with Crippen molar-refractivity contribution in [3.63, 3.8) is 0 Å². The smallest absolute Gasteiger partial charge is 0.325 e. The van der Waals surface area contributed by atoms with E-state index in [0.29, 0.717) is 25.4 Å². The van der Waals surface area contributed by atoms with Gasteiger partial charge in [0.1, 0.15) is 12.1 Å². The number of carbonyl (C=O) groups excluding carboxylic acids is 3. The second kappa shape index (κ2) is 4.75. The molecule has 1 N–H and O–H groups in total. The summed E-state index contributed by atoms with van der Waals surface area (Å²) in [4.78, 5) is 39.8. The average molecular weight is 279 g/mol. The van der Waals surface area contributed by atoms with Crippen molar-refractivity contribution in [2.75, 3.05) is 13.1 Å². The van der Waals surface area contributed by atoms with Crippen molar-refractivity contribution in [1.29, 1.82) is 0 Å². The lowest BCUT2D eigenvalue weighted by molar-refractivity contribution is -0.134. The van der Waals surface area contributed by atoms with Crippen LogP contribution in [0.25, 0.3) is 0 Å². The molecule has 1 aliphatic heterocycles. The van der Waals surface area contributed by atoms with E-state index in [-0.39, 0.29) is 18.4 Å². The quantitative estimate of drug-likeness (QED) is 0.776. The van der Waals surface area contributed by atoms with E-state index in [1.807, 2.05) is 11.8 Å². The molecule has 2 aliphatic carbocycles. The van der Waals surface area contributed by atoms with Gasteiger partial charge in [0, 0.05) is 12.6 Å². The summed E-state index contributed by atoms with van der Waals surface area (Å²) >= 11 is 0. The molecule has 0 aromatic rings. The SMILES string of the molecule is CCN(C(=O)CN1C(=O)NC(=O)C12CCCC2)C1CC1. The summed E-state index contributed by atoms with van der Waals surface area (Å²) in [6.07, 6.45) is 5.32. The van der Waals surface area contributed by atoms with Crippen LogP contribution >= 0.6 is 0 Å². The summed E-state index contributed by atoms with van der Waals surface area (Å²) in [6, 6.07) is -0.0644. The first kappa shape index (κ1) is 13.4. The zero-order valence-electron chi connectivity index (χ0n) is 11.9. The van der Waals surface area contributed by atoms with Crippen molar-refractivity contribution in [2.45, 2.75) is 57.0 Å². The van der Waals surface area contributed by atoms with Gasteiger partial charge in [-0.05, 0) is 32.6 Å². The number of nitrogens with zero attached hydrogens (tertiary/aromatic N) is 2. The molecule has 1 heterocycles. The number of nitrogens with one attached hydrogen (secondary N) is 1. The third-order valence-corrected chi connectivity index (χ3v) is 4.78. The number of urea groups is 1. The van der Waals surface area contributed by atoms with E-state index in [0.717, 1.165) is 25.7 Å². The van der Waals surface area contributed by atoms with E-state index >= 15 is 0 Å². The van der Waals surface area contributed by atoms with Crippen molar-refractivity contribution in [3.8, 4) is 0 Å². The lowest BCUT2D eigenvalue weighted by Gasteiger charge is -2.32. The molecule has 1 saturated heterocycles. The number of carbonyl (C=O) groups is 3. The molecule has 0 atom stereocenters. The third kappa shape index (κ3) is 1.98. The van der Waals surface area contributed by atoms with Crippen molar-refractivity contribution >= 4 is 17.8 Å². The highest BCUT2D eigenvalue weighted by atomic mass is 16.2. The molecule has 6 nitrogen and oxygen atoms in total. The molecular formula is C14H21N3O3. The van der Waals surface area contributed by atoms with Gasteiger partial charge in [0.05, 0.1) is 0 Å². The summed E-state index contributed by atoms with van der Waals surface area (Å²) in [5.41, 5.74) is -0.754. The Morgan fingerprint density at radius 1 is 1.35 bits per heavy atom. The van der Waals surface area contributed by atoms with Crippen LogP contribution in [0.2, 0.25) is 0 Å². The van der Waals surface area contributed by atoms with Gasteiger partial charge < -0.3 is 9.80 Å². The topological polar surface area (TPSA) is 69.7 Å². The van der Waals surface area contributed by atoms with Gasteiger partial charge in [-0.25, -0.2) is 4.79 Å². The van der Waals surface area contributed by atoms with Crippen molar-refractivity contribution in [3.05, 3.63) is 0 Å². The molecule has 6 heteroatoms. The van der Waals surface area contributed by atoms with Crippen LogP contribution in [0.4, 0.5) is 4.79 Å². The highest BCUT2D eigenvalue weighted by molar-refractivity contribution is 6.08. The fourth-order valence-electron chi connectivity index (χ4n) is 3.53. The predicted molar refractivity (Wildman–Crippen MR) is 71.9 cm³/mol. The molecule has 0 aromatic heterocycles. The molecule has 3 aliphatic rings. The first-order valence-corrected chi connectivity index (χ1v) is 7.51. The summed E-state index contributed by atoms with van der Waals surface area (Å²) in [5, 5.41) is 2.38. The third-order valence-electron chi connectivity index (χ3n) is 4.78. The van der Waals surface area contributed by atoms with Crippen LogP contribution in [0.5, 0.6) is 0 Å². The van der Waals surface area contributed by atoms with Crippen LogP contribution in [-0.4, -0.2) is 52.3 Å². The van der Waals surface area contributed by atoms with Gasteiger partial charge in [-0.15, -0.1) is 0 Å². The molecule has 110 valence electrons. The average Bonchev–Trinajstić information content (AvgIpc) is 3.07. The Morgan fingerprint density at radius 3 is 2.55 bits per heavy atom. The van der Waals surface area contributed by atoms with Gasteiger partial charge in [-0.2, -0.15) is 0 Å². The molecule has 4 amide bonds. The van der Waals surface area contributed by atoms with E-state index in [4.69, 9.17) is 0 Å². The molecular weight excluding hydrogens is 258 g/mol. The Hall–Kier alpha value is -1.59. The van der Waals surface area contributed by atoms with Crippen LogP contribution in [0.3, 0.4) is 0 Å². The summed E-state index contributed by atoms with van der Waals surface area (Å²) in [7, 11) is 0. The normalized spacial score (nSPS) is 24.4. The number of hydrogen-bond donors (Lipinski definition) is 1. The van der Waals surface area contributed by atoms with E-state index in [1.54, 1.807) is 0 Å². The van der Waals surface area contributed by atoms with Crippen molar-refractivity contribution < 1.29 is 14.4 Å². The molecule has 3 rings (SSSR count). The fourth-order valence-corrected chi connectivity index (χ4v) is 3.53. The highest BCUT2D eigenvalue weighted by Crippen LogP contribution is 2.38. The van der Waals surface area contributed by atoms with Crippen LogP contribution in [0, 0.1) is 0 Å². The number of likely N-dealkylation sites (N-methyl/N-ethyl adjacent to an activating group) is 1. The maximum Gasteiger partial charge on any atom is 0.325 e. The number of amides is 4. The molecule has 1 spiro atoms. The molecule has 0 radical (unpaired) electrons. The molecule has 0 bridgehead atoms. The van der Waals surface area contributed by atoms with Gasteiger partial charge >= 0.3 is 6.03 Å². The van der Waals surface area contributed by atoms with Gasteiger partial charge in [0.25, 0.3) is 5.91 Å². The molecule has 0 unspecified atom stereocenters. The minimum absolute atomic E-state index is 0.0297. The standard InChI is InChI=1S/C14H21N3O3/c1-2-16(10-5-6-10)11(18)9-17-13(20)15-12(19)14(17)7-3-4-8-14/h10H,2-9H2,1H3,(H,15,19,20). The maximum absolute atomic E-state index is 12.4. The Labute approximate surface area is 118 Å². The van der Waals surface area contributed by atoms with E-state index in [1.165, 1.54) is 4.90 Å². The van der Waals surface area contributed by atoms with Crippen LogP contribution in [0.1, 0.15) is 45.4 Å². The Kier molecular flexibility index (Phi) is 3.18. The van der Waals surface area contributed by atoms with Crippen molar-refractivity contribution in [2.24, 2.45) is 0 Å². The fraction of sp³-hybridized carbons (Fsp3) is 0.786. The first-order valence-electron chi connectivity index (χ1n) is 7.51. The van der Waals surface area contributed by atoms with E-state index in [9.17, 15) is 14.4 Å². The Morgan fingerprint density at radius 2 is 2.00 bits per heavy atom. The van der Waals surface area contributed by atoms with E-state index < -0.39 is 11.6 Å². The zero-order chi connectivity index (χ0) is 14.3. The number of imide groups is 1. The monoisotopic (exact) mass is 279 g/mol. The minimum Gasteiger partial charge on any atom is -0.338 e. The Bertz CT molecular complexity index is 453. The molecule has 3 fully saturated rings. The summed E-state index contributed by atoms with van der Waals surface area (Å²) < 4.78 is 0. The van der Waals surface area contributed by atoms with E-state index in [2.05, 4.69) is 5.32 Å². The second-order valence-electron chi connectivity index (χ2n) is 6.00. The van der Waals surface area contributed by atoms with Gasteiger partial charge in [0.2, 0.25) is 5.91 Å².